The molecule has 2 heterocycles. The highest BCUT2D eigenvalue weighted by molar-refractivity contribution is 6.06. The van der Waals surface area contributed by atoms with Crippen LogP contribution in [0.1, 0.15) is 46.4 Å². The van der Waals surface area contributed by atoms with Crippen molar-refractivity contribution in [2.45, 2.75) is 25.7 Å². The minimum Gasteiger partial charge on any atom is -0.367 e. The van der Waals surface area contributed by atoms with Gasteiger partial charge >= 0.3 is 0 Å². The monoisotopic (exact) mass is 446 g/mol. The minimum atomic E-state index is -0.199. The molecule has 7 heteroatoms. The lowest BCUT2D eigenvalue weighted by atomic mass is 10.1. The summed E-state index contributed by atoms with van der Waals surface area (Å²) < 4.78 is 0. The van der Waals surface area contributed by atoms with Gasteiger partial charge in [0.2, 0.25) is 5.91 Å². The molecule has 33 heavy (non-hydrogen) atoms. The van der Waals surface area contributed by atoms with E-state index in [0.29, 0.717) is 43.0 Å². The van der Waals surface area contributed by atoms with E-state index in [4.69, 9.17) is 0 Å². The lowest BCUT2D eigenvalue weighted by molar-refractivity contribution is -0.132. The summed E-state index contributed by atoms with van der Waals surface area (Å²) in [7, 11) is 0. The van der Waals surface area contributed by atoms with Crippen LogP contribution in [-0.4, -0.2) is 66.8 Å². The van der Waals surface area contributed by atoms with Crippen LogP contribution in [0, 0.1) is 5.92 Å². The van der Waals surface area contributed by atoms with Crippen LogP contribution in [0.3, 0.4) is 0 Å². The Morgan fingerprint density at radius 3 is 2.15 bits per heavy atom. The molecule has 0 spiro atoms. The summed E-state index contributed by atoms with van der Waals surface area (Å²) in [5, 5.41) is 2.93. The molecule has 0 atom stereocenters. The Morgan fingerprint density at radius 1 is 0.788 bits per heavy atom. The van der Waals surface area contributed by atoms with Crippen LogP contribution in [0.15, 0.2) is 48.5 Å². The number of carbonyl (C=O) groups is 3. The zero-order valence-corrected chi connectivity index (χ0v) is 18.8. The summed E-state index contributed by atoms with van der Waals surface area (Å²) in [6, 6.07) is 14.7. The third kappa shape index (κ3) is 4.72. The van der Waals surface area contributed by atoms with Crippen molar-refractivity contribution in [1.29, 1.82) is 0 Å². The van der Waals surface area contributed by atoms with E-state index in [1.807, 2.05) is 40.1 Å². The minimum absolute atomic E-state index is 0.00907. The van der Waals surface area contributed by atoms with Gasteiger partial charge in [0.05, 0.1) is 5.56 Å². The topological polar surface area (TPSA) is 73.0 Å². The van der Waals surface area contributed by atoms with E-state index < -0.39 is 0 Å². The number of benzene rings is 2. The zero-order valence-electron chi connectivity index (χ0n) is 18.8. The number of nitrogens with zero attached hydrogens (tertiary/aromatic N) is 3. The van der Waals surface area contributed by atoms with Crippen molar-refractivity contribution in [3.8, 4) is 0 Å². The Bertz CT molecular complexity index is 1040. The molecule has 2 aromatic carbocycles. The second kappa shape index (κ2) is 9.25. The number of likely N-dealkylation sites (tertiary alicyclic amines) is 1. The van der Waals surface area contributed by atoms with Crippen LogP contribution in [-0.2, 0) is 4.79 Å². The molecule has 3 amide bonds. The molecule has 7 nitrogen and oxygen atoms in total. The second-order valence-corrected chi connectivity index (χ2v) is 9.14. The number of piperazine rings is 1. The summed E-state index contributed by atoms with van der Waals surface area (Å²) in [5.74, 6) is 0.322. The van der Waals surface area contributed by atoms with Gasteiger partial charge in [-0.2, -0.15) is 0 Å². The van der Waals surface area contributed by atoms with Crippen molar-refractivity contribution < 1.29 is 14.4 Å². The largest absolute Gasteiger partial charge is 0.367 e. The van der Waals surface area contributed by atoms with E-state index in [1.165, 1.54) is 0 Å². The van der Waals surface area contributed by atoms with Gasteiger partial charge in [0, 0.05) is 62.1 Å². The van der Waals surface area contributed by atoms with Crippen molar-refractivity contribution in [1.82, 2.24) is 9.80 Å². The van der Waals surface area contributed by atoms with E-state index in [-0.39, 0.29) is 23.6 Å². The van der Waals surface area contributed by atoms with Crippen LogP contribution in [0.25, 0.3) is 0 Å². The summed E-state index contributed by atoms with van der Waals surface area (Å²) in [5.41, 5.74) is 2.68. The molecule has 1 saturated carbocycles. The van der Waals surface area contributed by atoms with Gasteiger partial charge < -0.3 is 20.0 Å². The van der Waals surface area contributed by atoms with Gasteiger partial charge in [-0.05, 0) is 56.0 Å². The Labute approximate surface area is 194 Å². The molecule has 0 unspecified atom stereocenters. The first-order chi connectivity index (χ1) is 16.1. The van der Waals surface area contributed by atoms with Gasteiger partial charge in [-0.25, -0.2) is 0 Å². The number of hydrogen-bond donors (Lipinski definition) is 1. The number of rotatable bonds is 5. The smallest absolute Gasteiger partial charge is 0.256 e. The maximum Gasteiger partial charge on any atom is 0.256 e. The van der Waals surface area contributed by atoms with Crippen molar-refractivity contribution in [2.75, 3.05) is 49.5 Å². The van der Waals surface area contributed by atoms with Gasteiger partial charge in [-0.1, -0.05) is 18.2 Å². The lowest BCUT2D eigenvalue weighted by Gasteiger charge is -2.37. The Kier molecular flexibility index (Phi) is 6.03. The number of carbonyl (C=O) groups excluding carboxylic acids is 3. The molecule has 5 rings (SSSR count). The number of hydrogen-bond acceptors (Lipinski definition) is 4. The molecule has 3 fully saturated rings. The van der Waals surface area contributed by atoms with Crippen LogP contribution in [0.2, 0.25) is 0 Å². The first kappa shape index (κ1) is 21.5. The third-order valence-corrected chi connectivity index (χ3v) is 6.77. The summed E-state index contributed by atoms with van der Waals surface area (Å²) in [6.07, 6.45) is 4.08. The van der Waals surface area contributed by atoms with Crippen molar-refractivity contribution in [2.24, 2.45) is 5.92 Å². The summed E-state index contributed by atoms with van der Waals surface area (Å²) >= 11 is 0. The van der Waals surface area contributed by atoms with Crippen molar-refractivity contribution in [3.05, 3.63) is 59.7 Å². The summed E-state index contributed by atoms with van der Waals surface area (Å²) in [4.78, 5) is 44.5. The fourth-order valence-electron chi connectivity index (χ4n) is 4.70. The van der Waals surface area contributed by atoms with Gasteiger partial charge in [-0.3, -0.25) is 14.4 Å². The third-order valence-electron chi connectivity index (χ3n) is 6.77. The normalized spacial score (nSPS) is 18.4. The fraction of sp³-hybridized carbons (Fsp3) is 0.423. The van der Waals surface area contributed by atoms with Gasteiger partial charge in [0.1, 0.15) is 0 Å². The number of nitrogens with one attached hydrogen (secondary N) is 1. The van der Waals surface area contributed by atoms with E-state index in [9.17, 15) is 14.4 Å². The fourth-order valence-corrected chi connectivity index (χ4v) is 4.70. The SMILES string of the molecule is O=C(Nc1ccc(N2CCN(C(=O)C3CC3)CC2)c(C(=O)N2CCCC2)c1)c1ccccc1. The molecule has 2 aliphatic heterocycles. The predicted molar refractivity (Wildman–Crippen MR) is 127 cm³/mol. The molecule has 0 radical (unpaired) electrons. The van der Waals surface area contributed by atoms with Crippen molar-refractivity contribution in [3.63, 3.8) is 0 Å². The molecule has 0 bridgehead atoms. The first-order valence-corrected chi connectivity index (χ1v) is 11.9. The Balaban J connectivity index is 1.36. The van der Waals surface area contributed by atoms with Crippen molar-refractivity contribution >= 4 is 29.1 Å². The van der Waals surface area contributed by atoms with Gasteiger partial charge in [0.25, 0.3) is 11.8 Å². The lowest BCUT2D eigenvalue weighted by Crippen LogP contribution is -2.49. The van der Waals surface area contributed by atoms with Crippen LogP contribution in [0.5, 0.6) is 0 Å². The molecule has 2 saturated heterocycles. The van der Waals surface area contributed by atoms with Gasteiger partial charge in [0.15, 0.2) is 0 Å². The predicted octanol–water partition coefficient (Wildman–Crippen LogP) is 3.23. The summed E-state index contributed by atoms with van der Waals surface area (Å²) in [6.45, 7) is 4.30. The molecular formula is C26H30N4O3. The average Bonchev–Trinajstić information content (AvgIpc) is 3.57. The van der Waals surface area contributed by atoms with E-state index in [0.717, 1.165) is 44.5 Å². The first-order valence-electron chi connectivity index (χ1n) is 11.9. The molecule has 3 aliphatic rings. The highest BCUT2D eigenvalue weighted by Crippen LogP contribution is 2.32. The van der Waals surface area contributed by atoms with Crippen LogP contribution >= 0.6 is 0 Å². The number of anilines is 2. The highest BCUT2D eigenvalue weighted by atomic mass is 16.2. The maximum absolute atomic E-state index is 13.4. The molecule has 0 aromatic heterocycles. The van der Waals surface area contributed by atoms with Gasteiger partial charge in [-0.15, -0.1) is 0 Å². The maximum atomic E-state index is 13.4. The molecule has 2 aromatic rings. The Morgan fingerprint density at radius 2 is 1.48 bits per heavy atom. The standard InChI is InChI=1S/C26H30N4O3/c31-24(19-6-2-1-3-7-19)27-21-10-11-23(22(18-21)26(33)29-12-4-5-13-29)28-14-16-30(17-15-28)25(32)20-8-9-20/h1-3,6-7,10-11,18,20H,4-5,8-9,12-17H2,(H,27,31). The molecule has 1 aliphatic carbocycles. The van der Waals surface area contributed by atoms with E-state index in [2.05, 4.69) is 10.2 Å². The highest BCUT2D eigenvalue weighted by Gasteiger charge is 2.35. The quantitative estimate of drug-likeness (QED) is 0.765. The average molecular weight is 447 g/mol. The zero-order chi connectivity index (χ0) is 22.8. The Hall–Kier alpha value is -3.35. The molecule has 1 N–H and O–H groups in total. The molecule has 172 valence electrons. The van der Waals surface area contributed by atoms with Crippen LogP contribution < -0.4 is 10.2 Å². The molecular weight excluding hydrogens is 416 g/mol. The number of amides is 3. The van der Waals surface area contributed by atoms with Crippen LogP contribution in [0.4, 0.5) is 11.4 Å². The second-order valence-electron chi connectivity index (χ2n) is 9.14. The van der Waals surface area contributed by atoms with E-state index >= 15 is 0 Å². The van der Waals surface area contributed by atoms with E-state index in [1.54, 1.807) is 18.2 Å².